The van der Waals surface area contributed by atoms with E-state index in [1.54, 1.807) is 25.7 Å². The van der Waals surface area contributed by atoms with Crippen molar-refractivity contribution in [3.8, 4) is 5.88 Å². The van der Waals surface area contributed by atoms with Crippen LogP contribution in [0.15, 0.2) is 10.5 Å². The van der Waals surface area contributed by atoms with E-state index in [4.69, 9.17) is 9.47 Å². The van der Waals surface area contributed by atoms with E-state index in [1.807, 2.05) is 14.0 Å². The van der Waals surface area contributed by atoms with Gasteiger partial charge in [0.25, 0.3) is 0 Å². The fourth-order valence-corrected chi connectivity index (χ4v) is 6.22. The predicted molar refractivity (Wildman–Crippen MR) is 147 cm³/mol. The Bertz CT molecular complexity index is 1470. The second-order valence-corrected chi connectivity index (χ2v) is 12.6. The highest BCUT2D eigenvalue weighted by Crippen LogP contribution is 2.42. The number of hydrogen-bond acceptors (Lipinski definition) is 7. The monoisotopic (exact) mass is 644 g/mol. The second kappa shape index (κ2) is 10.8. The SMILES string of the molecule is CC(Oc1nc2c(F)c(Br)c(C(F)(F)F)cc2c2c1nnn2C1CCN(C(=O)OC(C)(C)C)CC1)[C@@H]1CCCN1C. The fourth-order valence-electron chi connectivity index (χ4n) is 5.70. The van der Waals surface area contributed by atoms with Crippen LogP contribution in [0.3, 0.4) is 0 Å². The lowest BCUT2D eigenvalue weighted by molar-refractivity contribution is -0.138. The molecule has 224 valence electrons. The molecule has 14 heteroatoms. The van der Waals surface area contributed by atoms with Gasteiger partial charge in [0, 0.05) is 24.5 Å². The van der Waals surface area contributed by atoms with Gasteiger partial charge in [0.1, 0.15) is 22.7 Å². The minimum absolute atomic E-state index is 0.0169. The van der Waals surface area contributed by atoms with E-state index in [0.717, 1.165) is 25.5 Å². The van der Waals surface area contributed by atoms with E-state index in [1.165, 1.54) is 4.68 Å². The summed E-state index contributed by atoms with van der Waals surface area (Å²) < 4.78 is 69.8. The van der Waals surface area contributed by atoms with E-state index in [0.29, 0.717) is 25.9 Å². The van der Waals surface area contributed by atoms with E-state index >= 15 is 4.39 Å². The van der Waals surface area contributed by atoms with E-state index in [9.17, 15) is 18.0 Å². The summed E-state index contributed by atoms with van der Waals surface area (Å²) in [6, 6.07) is 0.668. The van der Waals surface area contributed by atoms with Crippen LogP contribution in [0.1, 0.15) is 65.0 Å². The van der Waals surface area contributed by atoms with E-state index in [2.05, 4.69) is 36.1 Å². The summed E-state index contributed by atoms with van der Waals surface area (Å²) in [5, 5.41) is 8.53. The van der Waals surface area contributed by atoms with Crippen molar-refractivity contribution in [2.75, 3.05) is 26.7 Å². The molecule has 0 N–H and O–H groups in total. The van der Waals surface area contributed by atoms with Crippen molar-refractivity contribution >= 4 is 44.0 Å². The number of halogens is 5. The molecule has 4 heterocycles. The maximum atomic E-state index is 15.6. The Labute approximate surface area is 243 Å². The highest BCUT2D eigenvalue weighted by atomic mass is 79.9. The Morgan fingerprint density at radius 1 is 1.12 bits per heavy atom. The maximum absolute atomic E-state index is 15.6. The van der Waals surface area contributed by atoms with Gasteiger partial charge >= 0.3 is 12.3 Å². The number of aromatic nitrogens is 4. The average molecular weight is 645 g/mol. The number of alkyl halides is 3. The number of carbonyl (C=O) groups is 1. The van der Waals surface area contributed by atoms with Gasteiger partial charge in [-0.15, -0.1) is 5.10 Å². The van der Waals surface area contributed by atoms with Gasteiger partial charge in [-0.25, -0.2) is 18.9 Å². The number of benzene rings is 1. The molecule has 2 saturated heterocycles. The standard InChI is InChI=1S/C27H33BrF4N6O3/c1-14(18-7-6-10-36(18)5)40-24-22-23(16-13-17(27(30,31)32)19(28)20(29)21(16)33-24)38(35-34-22)15-8-11-37(12-9-15)25(39)41-26(2,3)4/h13-15,18H,6-12H2,1-5H3/t14?,18-/m0/s1. The first kappa shape index (κ1) is 29.7. The molecule has 5 rings (SSSR count). The number of nitrogens with zero attached hydrogens (tertiary/aromatic N) is 6. The predicted octanol–water partition coefficient (Wildman–Crippen LogP) is 6.33. The Morgan fingerprint density at radius 2 is 1.80 bits per heavy atom. The molecule has 2 aliphatic heterocycles. The Balaban J connectivity index is 1.58. The van der Waals surface area contributed by atoms with E-state index < -0.39 is 33.7 Å². The number of fused-ring (bicyclic) bond motifs is 3. The van der Waals surface area contributed by atoms with Gasteiger partial charge in [0.05, 0.1) is 16.1 Å². The molecule has 0 bridgehead atoms. The lowest BCUT2D eigenvalue weighted by atomic mass is 10.0. The maximum Gasteiger partial charge on any atom is 0.417 e. The van der Waals surface area contributed by atoms with Gasteiger partial charge in [-0.3, -0.25) is 4.90 Å². The molecule has 0 aliphatic carbocycles. The van der Waals surface area contributed by atoms with Gasteiger partial charge in [0.2, 0.25) is 5.88 Å². The molecular formula is C27H33BrF4N6O3. The zero-order chi connectivity index (χ0) is 29.9. The van der Waals surface area contributed by atoms with Crippen LogP contribution >= 0.6 is 15.9 Å². The molecule has 0 saturated carbocycles. The molecule has 0 spiro atoms. The zero-order valence-electron chi connectivity index (χ0n) is 23.6. The van der Waals surface area contributed by atoms with E-state index in [-0.39, 0.29) is 46.0 Å². The van der Waals surface area contributed by atoms with Crippen LogP contribution in [0.5, 0.6) is 5.88 Å². The third-order valence-corrected chi connectivity index (χ3v) is 8.51. The van der Waals surface area contributed by atoms with Crippen molar-refractivity contribution in [1.29, 1.82) is 0 Å². The van der Waals surface area contributed by atoms with Crippen molar-refractivity contribution < 1.29 is 31.8 Å². The number of ether oxygens (including phenoxy) is 2. The van der Waals surface area contributed by atoms with Crippen LogP contribution in [-0.2, 0) is 10.9 Å². The number of amides is 1. The van der Waals surface area contributed by atoms with Gasteiger partial charge < -0.3 is 14.4 Å². The summed E-state index contributed by atoms with van der Waals surface area (Å²) in [6.07, 6.45) is -2.76. The van der Waals surface area contributed by atoms with Crippen molar-refractivity contribution in [2.45, 2.75) is 83.3 Å². The molecule has 2 aromatic heterocycles. The lowest BCUT2D eigenvalue weighted by Crippen LogP contribution is -2.42. The number of piperidine rings is 1. The number of likely N-dealkylation sites (tertiary alicyclic amines) is 2. The summed E-state index contributed by atoms with van der Waals surface area (Å²) in [5.41, 5.74) is -1.70. The van der Waals surface area contributed by atoms with Crippen LogP contribution in [0.25, 0.3) is 21.9 Å². The Morgan fingerprint density at radius 3 is 2.39 bits per heavy atom. The first-order valence-electron chi connectivity index (χ1n) is 13.6. The third-order valence-electron chi connectivity index (χ3n) is 7.73. The van der Waals surface area contributed by atoms with Gasteiger partial charge in [-0.1, -0.05) is 5.21 Å². The summed E-state index contributed by atoms with van der Waals surface area (Å²) in [7, 11) is 2.00. The van der Waals surface area contributed by atoms with Crippen LogP contribution in [-0.4, -0.2) is 80.3 Å². The minimum Gasteiger partial charge on any atom is -0.471 e. The molecule has 1 amide bonds. The molecule has 9 nitrogen and oxygen atoms in total. The Kier molecular flexibility index (Phi) is 7.86. The molecule has 3 aromatic rings. The fraction of sp³-hybridized carbons (Fsp3) is 0.630. The molecule has 0 radical (unpaired) electrons. The quantitative estimate of drug-likeness (QED) is 0.307. The van der Waals surface area contributed by atoms with Crippen LogP contribution in [0.4, 0.5) is 22.4 Å². The third kappa shape index (κ3) is 5.81. The van der Waals surface area contributed by atoms with Crippen molar-refractivity contribution in [2.24, 2.45) is 0 Å². The van der Waals surface area contributed by atoms with Gasteiger partial charge in [-0.05, 0) is 89.0 Å². The van der Waals surface area contributed by atoms with Crippen LogP contribution in [0.2, 0.25) is 0 Å². The lowest BCUT2D eigenvalue weighted by Gasteiger charge is -2.33. The van der Waals surface area contributed by atoms with Gasteiger partial charge in [0.15, 0.2) is 11.3 Å². The molecule has 2 atom stereocenters. The second-order valence-electron chi connectivity index (χ2n) is 11.8. The number of pyridine rings is 1. The van der Waals surface area contributed by atoms with Crippen molar-refractivity contribution in [3.05, 3.63) is 21.9 Å². The highest BCUT2D eigenvalue weighted by molar-refractivity contribution is 9.10. The average Bonchev–Trinajstić information content (AvgIpc) is 3.52. The Hall–Kier alpha value is -2.74. The molecule has 1 unspecified atom stereocenters. The largest absolute Gasteiger partial charge is 0.471 e. The topological polar surface area (TPSA) is 85.6 Å². The molecule has 1 aromatic carbocycles. The minimum atomic E-state index is -4.81. The number of carbonyl (C=O) groups excluding carboxylic acids is 1. The summed E-state index contributed by atoms with van der Waals surface area (Å²) in [4.78, 5) is 20.7. The van der Waals surface area contributed by atoms with Gasteiger partial charge in [-0.2, -0.15) is 13.2 Å². The van der Waals surface area contributed by atoms with Crippen molar-refractivity contribution in [3.63, 3.8) is 0 Å². The number of hydrogen-bond donors (Lipinski definition) is 0. The normalized spacial score (nSPS) is 20.2. The summed E-state index contributed by atoms with van der Waals surface area (Å²) in [5.74, 6) is -1.12. The molecule has 2 fully saturated rings. The number of likely N-dealkylation sites (N-methyl/N-ethyl adjacent to an activating group) is 1. The number of rotatable bonds is 4. The first-order chi connectivity index (χ1) is 19.2. The molecular weight excluding hydrogens is 612 g/mol. The van der Waals surface area contributed by atoms with Crippen molar-refractivity contribution in [1.82, 2.24) is 29.8 Å². The zero-order valence-corrected chi connectivity index (χ0v) is 25.1. The summed E-state index contributed by atoms with van der Waals surface area (Å²) >= 11 is 2.80. The summed E-state index contributed by atoms with van der Waals surface area (Å²) in [6.45, 7) is 8.87. The van der Waals surface area contributed by atoms with Crippen LogP contribution < -0.4 is 4.74 Å². The molecule has 41 heavy (non-hydrogen) atoms. The highest BCUT2D eigenvalue weighted by Gasteiger charge is 2.37. The van der Waals surface area contributed by atoms with Crippen LogP contribution in [0, 0.1) is 5.82 Å². The first-order valence-corrected chi connectivity index (χ1v) is 14.4. The smallest absolute Gasteiger partial charge is 0.417 e. The molecule has 2 aliphatic rings.